The summed E-state index contributed by atoms with van der Waals surface area (Å²) >= 11 is 0. The fraction of sp³-hybridized carbons (Fsp3) is 0.357. The highest BCUT2D eigenvalue weighted by Crippen LogP contribution is 2.12. The number of hydrogen-bond donors (Lipinski definition) is 1. The fourth-order valence-electron chi connectivity index (χ4n) is 1.86. The lowest BCUT2D eigenvalue weighted by Gasteiger charge is -2.05. The minimum atomic E-state index is -0.568. The maximum absolute atomic E-state index is 13.5. The molecule has 0 aliphatic rings. The summed E-state index contributed by atoms with van der Waals surface area (Å²) in [6.07, 6.45) is 5.08. The molecule has 0 aliphatic carbocycles. The van der Waals surface area contributed by atoms with E-state index in [1.807, 2.05) is 13.1 Å². The van der Waals surface area contributed by atoms with Gasteiger partial charge in [0.2, 0.25) is 0 Å². The van der Waals surface area contributed by atoms with Crippen molar-refractivity contribution in [1.82, 2.24) is 9.55 Å². The van der Waals surface area contributed by atoms with Crippen LogP contribution in [0.4, 0.5) is 8.78 Å². The van der Waals surface area contributed by atoms with Crippen molar-refractivity contribution in [3.05, 3.63) is 53.6 Å². The van der Waals surface area contributed by atoms with E-state index in [1.165, 1.54) is 12.1 Å². The third kappa shape index (κ3) is 3.61. The van der Waals surface area contributed by atoms with Gasteiger partial charge < -0.3 is 10.3 Å². The maximum Gasteiger partial charge on any atom is 0.131 e. The van der Waals surface area contributed by atoms with Crippen LogP contribution in [0, 0.1) is 11.6 Å². The summed E-state index contributed by atoms with van der Waals surface area (Å²) in [5.41, 5.74) is 7.18. The lowest BCUT2D eigenvalue weighted by atomic mass is 10.1. The Balaban J connectivity index is 2.07. The summed E-state index contributed by atoms with van der Waals surface area (Å²) < 4.78 is 28.1. The molecule has 19 heavy (non-hydrogen) atoms. The van der Waals surface area contributed by atoms with Gasteiger partial charge in [-0.25, -0.2) is 13.8 Å². The van der Waals surface area contributed by atoms with Crippen molar-refractivity contribution in [2.45, 2.75) is 32.4 Å². The standard InChI is InChI=1S/C14H17F2N3/c1-2-12(17)6-13-8-19(9-18-13)7-10-3-4-11(15)5-14(10)16/h3-5,8-9,12H,2,6-7,17H2,1H3. The van der Waals surface area contributed by atoms with E-state index in [0.717, 1.165) is 18.2 Å². The van der Waals surface area contributed by atoms with Gasteiger partial charge in [-0.05, 0) is 12.5 Å². The Labute approximate surface area is 111 Å². The monoisotopic (exact) mass is 265 g/mol. The van der Waals surface area contributed by atoms with Gasteiger partial charge in [0, 0.05) is 30.3 Å². The highest BCUT2D eigenvalue weighted by molar-refractivity contribution is 5.19. The van der Waals surface area contributed by atoms with E-state index in [4.69, 9.17) is 5.73 Å². The molecule has 1 aromatic carbocycles. The topological polar surface area (TPSA) is 43.8 Å². The molecule has 0 fully saturated rings. The van der Waals surface area contributed by atoms with Gasteiger partial charge in [0.15, 0.2) is 0 Å². The number of nitrogens with zero attached hydrogens (tertiary/aromatic N) is 2. The molecule has 3 nitrogen and oxygen atoms in total. The molecule has 0 spiro atoms. The van der Waals surface area contributed by atoms with Gasteiger partial charge in [0.25, 0.3) is 0 Å². The summed E-state index contributed by atoms with van der Waals surface area (Å²) in [7, 11) is 0. The van der Waals surface area contributed by atoms with E-state index in [1.54, 1.807) is 10.9 Å². The Bertz CT molecular complexity index is 551. The van der Waals surface area contributed by atoms with Gasteiger partial charge in [-0.1, -0.05) is 13.0 Å². The number of nitrogens with two attached hydrogens (primary N) is 1. The summed E-state index contributed by atoms with van der Waals surface area (Å²) in [5.74, 6) is -1.11. The van der Waals surface area contributed by atoms with Gasteiger partial charge in [-0.15, -0.1) is 0 Å². The first-order valence-corrected chi connectivity index (χ1v) is 6.28. The second kappa shape index (κ2) is 5.93. The third-order valence-electron chi connectivity index (χ3n) is 3.05. The van der Waals surface area contributed by atoms with Crippen molar-refractivity contribution in [1.29, 1.82) is 0 Å². The first kappa shape index (κ1) is 13.7. The average molecular weight is 265 g/mol. The minimum Gasteiger partial charge on any atom is -0.333 e. The predicted octanol–water partition coefficient (Wildman–Crippen LogP) is 2.49. The normalized spacial score (nSPS) is 12.6. The third-order valence-corrected chi connectivity index (χ3v) is 3.05. The predicted molar refractivity (Wildman–Crippen MR) is 69.7 cm³/mol. The number of benzene rings is 1. The highest BCUT2D eigenvalue weighted by atomic mass is 19.1. The van der Waals surface area contributed by atoms with Crippen LogP contribution in [0.5, 0.6) is 0 Å². The molecule has 2 aromatic rings. The Morgan fingerprint density at radius 1 is 1.37 bits per heavy atom. The van der Waals surface area contributed by atoms with Crippen molar-refractivity contribution in [3.63, 3.8) is 0 Å². The van der Waals surface area contributed by atoms with Crippen LogP contribution in [-0.2, 0) is 13.0 Å². The Kier molecular flexibility index (Phi) is 4.27. The Hall–Kier alpha value is -1.75. The summed E-state index contributed by atoms with van der Waals surface area (Å²) in [6, 6.07) is 3.68. The summed E-state index contributed by atoms with van der Waals surface area (Å²) in [4.78, 5) is 4.23. The highest BCUT2D eigenvalue weighted by Gasteiger charge is 2.07. The molecule has 1 unspecified atom stereocenters. The largest absolute Gasteiger partial charge is 0.333 e. The minimum absolute atomic E-state index is 0.0888. The molecule has 0 radical (unpaired) electrons. The molecule has 2 N–H and O–H groups in total. The van der Waals surface area contributed by atoms with Crippen LogP contribution in [0.1, 0.15) is 24.6 Å². The molecule has 5 heteroatoms. The first-order valence-electron chi connectivity index (χ1n) is 6.28. The van der Waals surface area contributed by atoms with Crippen LogP contribution in [0.15, 0.2) is 30.7 Å². The number of halogens is 2. The van der Waals surface area contributed by atoms with Gasteiger partial charge in [0.05, 0.1) is 18.6 Å². The molecule has 0 bridgehead atoms. The molecule has 2 rings (SSSR count). The van der Waals surface area contributed by atoms with Crippen molar-refractivity contribution in [3.8, 4) is 0 Å². The molecule has 1 aromatic heterocycles. The van der Waals surface area contributed by atoms with Gasteiger partial charge in [-0.3, -0.25) is 0 Å². The lowest BCUT2D eigenvalue weighted by molar-refractivity contribution is 0.566. The van der Waals surface area contributed by atoms with Crippen LogP contribution in [0.2, 0.25) is 0 Å². The second-order valence-corrected chi connectivity index (χ2v) is 4.65. The van der Waals surface area contributed by atoms with Crippen molar-refractivity contribution >= 4 is 0 Å². The zero-order valence-electron chi connectivity index (χ0n) is 10.8. The van der Waals surface area contributed by atoms with Crippen LogP contribution in [0.3, 0.4) is 0 Å². The van der Waals surface area contributed by atoms with Crippen molar-refractivity contribution in [2.75, 3.05) is 0 Å². The fourth-order valence-corrected chi connectivity index (χ4v) is 1.86. The molecule has 102 valence electrons. The number of rotatable bonds is 5. The van der Waals surface area contributed by atoms with E-state index in [0.29, 0.717) is 18.5 Å². The molecule has 1 heterocycles. The van der Waals surface area contributed by atoms with E-state index in [-0.39, 0.29) is 6.04 Å². The quantitative estimate of drug-likeness (QED) is 0.902. The molecule has 0 saturated heterocycles. The zero-order chi connectivity index (χ0) is 13.8. The summed E-state index contributed by atoms with van der Waals surface area (Å²) in [5, 5.41) is 0. The van der Waals surface area contributed by atoms with Gasteiger partial charge in [0.1, 0.15) is 11.6 Å². The number of hydrogen-bond acceptors (Lipinski definition) is 2. The molecule has 0 amide bonds. The van der Waals surface area contributed by atoms with Crippen LogP contribution in [-0.4, -0.2) is 15.6 Å². The van der Waals surface area contributed by atoms with Gasteiger partial charge >= 0.3 is 0 Å². The van der Waals surface area contributed by atoms with Crippen molar-refractivity contribution < 1.29 is 8.78 Å². The SMILES string of the molecule is CCC(N)Cc1cn(Cc2ccc(F)cc2F)cn1. The summed E-state index contributed by atoms with van der Waals surface area (Å²) in [6.45, 7) is 2.36. The Morgan fingerprint density at radius 3 is 2.84 bits per heavy atom. The zero-order valence-corrected chi connectivity index (χ0v) is 10.8. The van der Waals surface area contributed by atoms with Gasteiger partial charge in [-0.2, -0.15) is 0 Å². The molecule has 0 aliphatic heterocycles. The maximum atomic E-state index is 13.5. The van der Waals surface area contributed by atoms with E-state index >= 15 is 0 Å². The number of imidazole rings is 1. The van der Waals surface area contributed by atoms with E-state index in [2.05, 4.69) is 4.98 Å². The Morgan fingerprint density at radius 2 is 2.16 bits per heavy atom. The molecule has 1 atom stereocenters. The smallest absolute Gasteiger partial charge is 0.131 e. The number of aromatic nitrogens is 2. The van der Waals surface area contributed by atoms with Crippen LogP contribution in [0.25, 0.3) is 0 Å². The van der Waals surface area contributed by atoms with E-state index in [9.17, 15) is 8.78 Å². The first-order chi connectivity index (χ1) is 9.08. The molecular weight excluding hydrogens is 248 g/mol. The van der Waals surface area contributed by atoms with Crippen molar-refractivity contribution in [2.24, 2.45) is 5.73 Å². The lowest BCUT2D eigenvalue weighted by Crippen LogP contribution is -2.21. The van der Waals surface area contributed by atoms with Crippen LogP contribution >= 0.6 is 0 Å². The second-order valence-electron chi connectivity index (χ2n) is 4.65. The van der Waals surface area contributed by atoms with E-state index < -0.39 is 11.6 Å². The molecule has 0 saturated carbocycles. The average Bonchev–Trinajstić information content (AvgIpc) is 2.80. The van der Waals surface area contributed by atoms with Crippen LogP contribution < -0.4 is 5.73 Å². The molecular formula is C14H17F2N3.